The first-order chi connectivity index (χ1) is 9.47. The molecular formula is C14H16O6. The predicted octanol–water partition coefficient (Wildman–Crippen LogP) is 1.22. The van der Waals surface area contributed by atoms with Gasteiger partial charge < -0.3 is 24.1 Å². The summed E-state index contributed by atoms with van der Waals surface area (Å²) in [6.07, 6.45) is -2.39. The van der Waals surface area contributed by atoms with Crippen molar-refractivity contribution in [2.45, 2.75) is 19.1 Å². The van der Waals surface area contributed by atoms with Crippen LogP contribution in [0.15, 0.2) is 27.4 Å². The number of hydrogen-bond acceptors (Lipinski definition) is 6. The first-order valence-electron chi connectivity index (χ1n) is 6.03. The average Bonchev–Trinajstić information content (AvgIpc) is 2.44. The summed E-state index contributed by atoms with van der Waals surface area (Å²) < 4.78 is 15.5. The van der Waals surface area contributed by atoms with Gasteiger partial charge in [0.15, 0.2) is 11.3 Å². The molecule has 2 aromatic rings. The fourth-order valence-electron chi connectivity index (χ4n) is 1.93. The second kappa shape index (κ2) is 5.52. The molecule has 0 spiro atoms. The van der Waals surface area contributed by atoms with Crippen molar-refractivity contribution < 1.29 is 24.1 Å². The van der Waals surface area contributed by atoms with Gasteiger partial charge in [0.25, 0.3) is 0 Å². The van der Waals surface area contributed by atoms with Gasteiger partial charge in [0.05, 0.1) is 25.9 Å². The Kier molecular flexibility index (Phi) is 3.96. The maximum atomic E-state index is 11.9. The van der Waals surface area contributed by atoms with Gasteiger partial charge in [-0.25, -0.2) is 4.79 Å². The summed E-state index contributed by atoms with van der Waals surface area (Å²) in [4.78, 5) is 11.9. The van der Waals surface area contributed by atoms with Gasteiger partial charge in [-0.15, -0.1) is 0 Å². The Labute approximate surface area is 115 Å². The molecule has 0 saturated heterocycles. The Balaban J connectivity index is 2.72. The van der Waals surface area contributed by atoms with Crippen molar-refractivity contribution in [1.82, 2.24) is 0 Å². The number of aliphatic hydroxyl groups excluding tert-OH is 2. The molecule has 2 rings (SSSR count). The van der Waals surface area contributed by atoms with Crippen LogP contribution in [0.3, 0.4) is 0 Å². The smallest absolute Gasteiger partial charge is 0.342 e. The van der Waals surface area contributed by atoms with Crippen LogP contribution in [0.25, 0.3) is 11.0 Å². The highest BCUT2D eigenvalue weighted by molar-refractivity contribution is 5.84. The third-order valence-electron chi connectivity index (χ3n) is 3.03. The minimum absolute atomic E-state index is 0.0113. The Hall–Kier alpha value is -2.05. The minimum atomic E-state index is -1.31. The number of hydrogen-bond donors (Lipinski definition) is 2. The van der Waals surface area contributed by atoms with Crippen molar-refractivity contribution in [2.75, 3.05) is 14.2 Å². The monoisotopic (exact) mass is 280 g/mol. The van der Waals surface area contributed by atoms with Gasteiger partial charge in [-0.2, -0.15) is 0 Å². The van der Waals surface area contributed by atoms with Gasteiger partial charge in [0, 0.05) is 11.5 Å². The van der Waals surface area contributed by atoms with E-state index in [4.69, 9.17) is 13.9 Å². The lowest BCUT2D eigenvalue weighted by Gasteiger charge is -2.14. The standard InChI is InChI=1S/C14H16O6/c1-7(15)12(16)10-5-8-4-9(18-2)6-11(19-3)13(8)20-14(10)17/h4-7,12,15-16H,1-3H3/t7-,12+/m0/s1. The molecule has 108 valence electrons. The highest BCUT2D eigenvalue weighted by Crippen LogP contribution is 2.31. The fourth-order valence-corrected chi connectivity index (χ4v) is 1.93. The van der Waals surface area contributed by atoms with Gasteiger partial charge in [0.1, 0.15) is 11.9 Å². The quantitative estimate of drug-likeness (QED) is 0.819. The van der Waals surface area contributed by atoms with Crippen LogP contribution in [0.4, 0.5) is 0 Å². The van der Waals surface area contributed by atoms with Crippen LogP contribution in [0.5, 0.6) is 11.5 Å². The maximum absolute atomic E-state index is 11.9. The largest absolute Gasteiger partial charge is 0.497 e. The topological polar surface area (TPSA) is 89.1 Å². The zero-order valence-corrected chi connectivity index (χ0v) is 11.4. The first-order valence-corrected chi connectivity index (χ1v) is 6.03. The summed E-state index contributed by atoms with van der Waals surface area (Å²) in [5.41, 5.74) is -0.461. The zero-order valence-electron chi connectivity index (χ0n) is 11.4. The number of rotatable bonds is 4. The summed E-state index contributed by atoms with van der Waals surface area (Å²) in [5.74, 6) is 0.884. The number of benzene rings is 1. The molecular weight excluding hydrogens is 264 g/mol. The molecule has 0 aliphatic carbocycles. The Morgan fingerprint density at radius 3 is 2.40 bits per heavy atom. The van der Waals surface area contributed by atoms with E-state index >= 15 is 0 Å². The van der Waals surface area contributed by atoms with Crippen molar-refractivity contribution in [3.8, 4) is 11.5 Å². The lowest BCUT2D eigenvalue weighted by molar-refractivity contribution is 0.0286. The van der Waals surface area contributed by atoms with Crippen molar-refractivity contribution >= 4 is 11.0 Å². The van der Waals surface area contributed by atoms with E-state index in [1.165, 1.54) is 27.2 Å². The van der Waals surface area contributed by atoms with E-state index in [2.05, 4.69) is 0 Å². The van der Waals surface area contributed by atoms with Crippen LogP contribution >= 0.6 is 0 Å². The second-order valence-corrected chi connectivity index (χ2v) is 4.42. The average molecular weight is 280 g/mol. The summed E-state index contributed by atoms with van der Waals surface area (Å²) in [5, 5.41) is 19.7. The summed E-state index contributed by atoms with van der Waals surface area (Å²) >= 11 is 0. The zero-order chi connectivity index (χ0) is 14.9. The summed E-state index contributed by atoms with van der Waals surface area (Å²) in [6, 6.07) is 4.71. The molecule has 0 unspecified atom stereocenters. The van der Waals surface area contributed by atoms with Crippen molar-refractivity contribution in [1.29, 1.82) is 0 Å². The summed E-state index contributed by atoms with van der Waals surface area (Å²) in [6.45, 7) is 1.39. The van der Waals surface area contributed by atoms with Gasteiger partial charge in [0.2, 0.25) is 0 Å². The molecule has 0 fully saturated rings. The Bertz CT molecular complexity index is 673. The third kappa shape index (κ3) is 2.48. The molecule has 6 nitrogen and oxygen atoms in total. The van der Waals surface area contributed by atoms with E-state index in [0.29, 0.717) is 16.9 Å². The fraction of sp³-hybridized carbons (Fsp3) is 0.357. The number of fused-ring (bicyclic) bond motifs is 1. The first kappa shape index (κ1) is 14.4. The molecule has 0 amide bonds. The lowest BCUT2D eigenvalue weighted by atomic mass is 10.1. The predicted molar refractivity (Wildman–Crippen MR) is 72.2 cm³/mol. The van der Waals surface area contributed by atoms with E-state index in [-0.39, 0.29) is 11.1 Å². The van der Waals surface area contributed by atoms with Gasteiger partial charge in [-0.3, -0.25) is 0 Å². The van der Waals surface area contributed by atoms with Crippen molar-refractivity contribution in [3.63, 3.8) is 0 Å². The number of ether oxygens (including phenoxy) is 2. The van der Waals surface area contributed by atoms with E-state index in [1.807, 2.05) is 0 Å². The lowest BCUT2D eigenvalue weighted by Crippen LogP contribution is -2.21. The van der Waals surface area contributed by atoms with Gasteiger partial charge in [-0.1, -0.05) is 0 Å². The third-order valence-corrected chi connectivity index (χ3v) is 3.03. The van der Waals surface area contributed by atoms with E-state index in [0.717, 1.165) is 0 Å². The van der Waals surface area contributed by atoms with E-state index < -0.39 is 17.8 Å². The van der Waals surface area contributed by atoms with Crippen LogP contribution in [0.2, 0.25) is 0 Å². The van der Waals surface area contributed by atoms with Crippen molar-refractivity contribution in [2.24, 2.45) is 0 Å². The van der Waals surface area contributed by atoms with Crippen LogP contribution in [-0.2, 0) is 0 Å². The molecule has 0 aliphatic heterocycles. The van der Waals surface area contributed by atoms with Crippen LogP contribution < -0.4 is 15.1 Å². The molecule has 0 aliphatic rings. The maximum Gasteiger partial charge on any atom is 0.342 e. The number of aliphatic hydroxyl groups is 2. The molecule has 20 heavy (non-hydrogen) atoms. The van der Waals surface area contributed by atoms with Crippen LogP contribution in [0.1, 0.15) is 18.6 Å². The molecule has 6 heteroatoms. The summed E-state index contributed by atoms with van der Waals surface area (Å²) in [7, 11) is 2.96. The molecule has 2 N–H and O–H groups in total. The SMILES string of the molecule is COc1cc(OC)c2oc(=O)c([C@H](O)[C@H](C)O)cc2c1. The minimum Gasteiger partial charge on any atom is -0.497 e. The molecule has 1 aromatic heterocycles. The van der Waals surface area contributed by atoms with Gasteiger partial charge in [-0.05, 0) is 19.1 Å². The normalized spacial score (nSPS) is 14.1. The van der Waals surface area contributed by atoms with Gasteiger partial charge >= 0.3 is 5.63 Å². The molecule has 1 heterocycles. The molecule has 0 radical (unpaired) electrons. The van der Waals surface area contributed by atoms with Crippen LogP contribution in [-0.4, -0.2) is 30.5 Å². The second-order valence-electron chi connectivity index (χ2n) is 4.42. The molecule has 2 atom stereocenters. The molecule has 0 saturated carbocycles. The molecule has 0 bridgehead atoms. The van der Waals surface area contributed by atoms with Crippen LogP contribution in [0, 0.1) is 0 Å². The number of methoxy groups -OCH3 is 2. The highest BCUT2D eigenvalue weighted by atomic mass is 16.5. The molecule has 1 aromatic carbocycles. The Morgan fingerprint density at radius 2 is 1.85 bits per heavy atom. The Morgan fingerprint density at radius 1 is 1.15 bits per heavy atom. The highest BCUT2D eigenvalue weighted by Gasteiger charge is 2.20. The van der Waals surface area contributed by atoms with Crippen molar-refractivity contribution in [3.05, 3.63) is 34.2 Å². The van der Waals surface area contributed by atoms with E-state index in [1.54, 1.807) is 12.1 Å². The van der Waals surface area contributed by atoms with E-state index in [9.17, 15) is 15.0 Å².